The van der Waals surface area contributed by atoms with Crippen molar-refractivity contribution in [2.45, 2.75) is 19.3 Å². The van der Waals surface area contributed by atoms with Crippen molar-refractivity contribution < 1.29 is 0 Å². The molecule has 1 aromatic heterocycles. The Morgan fingerprint density at radius 2 is 0.774 bits per heavy atom. The molecule has 0 saturated carbocycles. The SMILES string of the molecule is CC1(C)c2nc(-c3cccc(-c4cccc(-c5ccc(-c6ccccc6)cc5)c4)c3)nc(-c3ccccc3)c2-c2c1c1ccccc1c1ccccc21. The number of hydrogen-bond donors (Lipinski definition) is 0. The van der Waals surface area contributed by atoms with Crippen LogP contribution >= 0.6 is 0 Å². The van der Waals surface area contributed by atoms with E-state index in [9.17, 15) is 0 Å². The Morgan fingerprint density at radius 3 is 1.42 bits per heavy atom. The lowest BCUT2D eigenvalue weighted by molar-refractivity contribution is 0.641. The van der Waals surface area contributed by atoms with Crippen LogP contribution in [0.4, 0.5) is 0 Å². The summed E-state index contributed by atoms with van der Waals surface area (Å²) in [6.45, 7) is 4.66. The van der Waals surface area contributed by atoms with Crippen molar-refractivity contribution in [3.63, 3.8) is 0 Å². The first kappa shape index (κ1) is 31.1. The van der Waals surface area contributed by atoms with Crippen LogP contribution in [0.5, 0.6) is 0 Å². The van der Waals surface area contributed by atoms with Gasteiger partial charge < -0.3 is 0 Å². The lowest BCUT2D eigenvalue weighted by atomic mass is 9.81. The Bertz CT molecular complexity index is 2830. The minimum absolute atomic E-state index is 0.350. The van der Waals surface area contributed by atoms with Gasteiger partial charge in [0.05, 0.1) is 11.4 Å². The van der Waals surface area contributed by atoms with Gasteiger partial charge in [-0.3, -0.25) is 0 Å². The predicted molar refractivity (Wildman–Crippen MR) is 222 cm³/mol. The third-order valence-corrected chi connectivity index (χ3v) is 11.0. The minimum Gasteiger partial charge on any atom is -0.231 e. The van der Waals surface area contributed by atoms with Crippen LogP contribution in [0.15, 0.2) is 182 Å². The van der Waals surface area contributed by atoms with Crippen LogP contribution in [-0.4, -0.2) is 9.97 Å². The molecule has 1 aliphatic carbocycles. The Labute approximate surface area is 310 Å². The molecule has 53 heavy (non-hydrogen) atoms. The van der Waals surface area contributed by atoms with E-state index < -0.39 is 0 Å². The molecule has 0 amide bonds. The van der Waals surface area contributed by atoms with Crippen molar-refractivity contribution in [1.29, 1.82) is 0 Å². The van der Waals surface area contributed by atoms with Crippen molar-refractivity contribution in [2.75, 3.05) is 0 Å². The van der Waals surface area contributed by atoms with Crippen LogP contribution in [-0.2, 0) is 5.41 Å². The molecule has 10 rings (SSSR count). The first-order valence-electron chi connectivity index (χ1n) is 18.3. The summed E-state index contributed by atoms with van der Waals surface area (Å²) in [7, 11) is 0. The summed E-state index contributed by atoms with van der Waals surface area (Å²) in [5.74, 6) is 0.742. The van der Waals surface area contributed by atoms with Gasteiger partial charge >= 0.3 is 0 Å². The van der Waals surface area contributed by atoms with Crippen LogP contribution in [0.1, 0.15) is 25.1 Å². The number of rotatable bonds is 5. The maximum atomic E-state index is 5.51. The van der Waals surface area contributed by atoms with Gasteiger partial charge in [0.25, 0.3) is 0 Å². The number of fused-ring (bicyclic) bond motifs is 8. The van der Waals surface area contributed by atoms with Gasteiger partial charge in [-0.1, -0.05) is 184 Å². The molecule has 0 atom stereocenters. The van der Waals surface area contributed by atoms with Gasteiger partial charge in [0, 0.05) is 22.1 Å². The molecule has 0 radical (unpaired) electrons. The molecule has 0 fully saturated rings. The van der Waals surface area contributed by atoms with E-state index >= 15 is 0 Å². The Hall–Kier alpha value is -6.64. The molecule has 0 N–H and O–H groups in total. The topological polar surface area (TPSA) is 25.8 Å². The molecule has 2 heteroatoms. The second-order valence-electron chi connectivity index (χ2n) is 14.6. The highest BCUT2D eigenvalue weighted by Crippen LogP contribution is 2.56. The summed E-state index contributed by atoms with van der Waals surface area (Å²) in [4.78, 5) is 11.0. The summed E-state index contributed by atoms with van der Waals surface area (Å²) in [5.41, 5.74) is 14.6. The molecule has 2 nitrogen and oxygen atoms in total. The van der Waals surface area contributed by atoms with Crippen molar-refractivity contribution >= 4 is 21.5 Å². The molecule has 0 aliphatic heterocycles. The van der Waals surface area contributed by atoms with Gasteiger partial charge in [-0.2, -0.15) is 0 Å². The van der Waals surface area contributed by atoms with Gasteiger partial charge in [0.2, 0.25) is 0 Å². The summed E-state index contributed by atoms with van der Waals surface area (Å²) in [6, 6.07) is 65.2. The van der Waals surface area contributed by atoms with E-state index in [1.165, 1.54) is 54.9 Å². The second kappa shape index (κ2) is 12.3. The van der Waals surface area contributed by atoms with E-state index in [0.717, 1.165) is 45.0 Å². The van der Waals surface area contributed by atoms with Gasteiger partial charge in [0.15, 0.2) is 5.82 Å². The Morgan fingerprint density at radius 1 is 0.340 bits per heavy atom. The average Bonchev–Trinajstić information content (AvgIpc) is 3.48. The number of benzene rings is 8. The predicted octanol–water partition coefficient (Wildman–Crippen LogP) is 13.4. The molecule has 0 saturated heterocycles. The quantitative estimate of drug-likeness (QED) is 0.170. The van der Waals surface area contributed by atoms with Crippen LogP contribution in [0.25, 0.3) is 88.7 Å². The first-order valence-corrected chi connectivity index (χ1v) is 18.3. The molecule has 8 aromatic carbocycles. The molecule has 1 aliphatic rings. The fraction of sp³-hybridized carbons (Fsp3) is 0.0588. The number of nitrogens with zero attached hydrogens (tertiary/aromatic N) is 2. The van der Waals surface area contributed by atoms with E-state index in [1.807, 2.05) is 0 Å². The summed E-state index contributed by atoms with van der Waals surface area (Å²) in [5, 5.41) is 5.06. The van der Waals surface area contributed by atoms with E-state index in [1.54, 1.807) is 0 Å². The fourth-order valence-electron chi connectivity index (χ4n) is 8.45. The molecule has 9 aromatic rings. The zero-order valence-corrected chi connectivity index (χ0v) is 29.7. The van der Waals surface area contributed by atoms with E-state index in [4.69, 9.17) is 9.97 Å². The Kier molecular flexibility index (Phi) is 7.19. The summed E-state index contributed by atoms with van der Waals surface area (Å²) < 4.78 is 0. The van der Waals surface area contributed by atoms with Crippen molar-refractivity contribution in [3.8, 4) is 67.2 Å². The van der Waals surface area contributed by atoms with Crippen LogP contribution in [0.2, 0.25) is 0 Å². The standard InChI is InChI=1S/C51H36N2/c1-51(2)47-44-26-12-10-24-42(44)41-23-9-11-25-43(41)45(47)46-48(36-17-7-4-8-18-36)52-50(53-49(46)51)40-22-14-21-39(32-40)38-20-13-19-37(31-38)35-29-27-34(28-30-35)33-15-5-3-6-16-33/h3-32H,1-2H3. The first-order chi connectivity index (χ1) is 26.0. The smallest absolute Gasteiger partial charge is 0.160 e. The Balaban J connectivity index is 1.12. The minimum atomic E-state index is -0.350. The average molecular weight is 677 g/mol. The van der Waals surface area contributed by atoms with Gasteiger partial charge in [-0.05, 0) is 78.2 Å². The normalized spacial score (nSPS) is 12.9. The molecule has 0 spiro atoms. The highest BCUT2D eigenvalue weighted by Gasteiger charge is 2.42. The van der Waals surface area contributed by atoms with Crippen LogP contribution in [0.3, 0.4) is 0 Å². The van der Waals surface area contributed by atoms with Gasteiger partial charge in [-0.15, -0.1) is 0 Å². The molecule has 250 valence electrons. The van der Waals surface area contributed by atoms with Crippen LogP contribution < -0.4 is 0 Å². The maximum absolute atomic E-state index is 5.51. The third kappa shape index (κ3) is 5.10. The van der Waals surface area contributed by atoms with Crippen molar-refractivity contribution in [2.24, 2.45) is 0 Å². The third-order valence-electron chi connectivity index (χ3n) is 11.0. The van der Waals surface area contributed by atoms with E-state index in [0.29, 0.717) is 0 Å². The highest BCUT2D eigenvalue weighted by atomic mass is 14.9. The maximum Gasteiger partial charge on any atom is 0.160 e. The lowest BCUT2D eigenvalue weighted by Crippen LogP contribution is -2.18. The highest BCUT2D eigenvalue weighted by molar-refractivity contribution is 6.19. The van der Waals surface area contributed by atoms with E-state index in [-0.39, 0.29) is 5.41 Å². The van der Waals surface area contributed by atoms with Crippen molar-refractivity contribution in [3.05, 3.63) is 193 Å². The van der Waals surface area contributed by atoms with Crippen LogP contribution in [0, 0.1) is 0 Å². The fourth-order valence-corrected chi connectivity index (χ4v) is 8.45. The summed E-state index contributed by atoms with van der Waals surface area (Å²) >= 11 is 0. The zero-order valence-electron chi connectivity index (χ0n) is 29.7. The van der Waals surface area contributed by atoms with Gasteiger partial charge in [0.1, 0.15) is 0 Å². The van der Waals surface area contributed by atoms with Crippen molar-refractivity contribution in [1.82, 2.24) is 9.97 Å². The second-order valence-corrected chi connectivity index (χ2v) is 14.6. The largest absolute Gasteiger partial charge is 0.231 e. The zero-order chi connectivity index (χ0) is 35.5. The summed E-state index contributed by atoms with van der Waals surface area (Å²) in [6.07, 6.45) is 0. The van der Waals surface area contributed by atoms with E-state index in [2.05, 4.69) is 196 Å². The van der Waals surface area contributed by atoms with Gasteiger partial charge in [-0.25, -0.2) is 9.97 Å². The molecule has 0 bridgehead atoms. The molecular weight excluding hydrogens is 641 g/mol. The lowest BCUT2D eigenvalue weighted by Gasteiger charge is -2.23. The monoisotopic (exact) mass is 676 g/mol. The molecule has 0 unspecified atom stereocenters. The molecule has 1 heterocycles. The number of hydrogen-bond acceptors (Lipinski definition) is 2. The number of aromatic nitrogens is 2. The molecular formula is C51H36N2.